The van der Waals surface area contributed by atoms with Crippen molar-refractivity contribution in [1.29, 1.82) is 0 Å². The summed E-state index contributed by atoms with van der Waals surface area (Å²) >= 11 is 1.02. The molecule has 1 aliphatic heterocycles. The zero-order valence-electron chi connectivity index (χ0n) is 15.6. The van der Waals surface area contributed by atoms with Gasteiger partial charge in [-0.15, -0.1) is 16.9 Å². The molecule has 164 valence electrons. The van der Waals surface area contributed by atoms with Gasteiger partial charge >= 0.3 is 0 Å². The van der Waals surface area contributed by atoms with Gasteiger partial charge in [0.25, 0.3) is 0 Å². The van der Waals surface area contributed by atoms with E-state index in [1.807, 2.05) is 0 Å². The first kappa shape index (κ1) is 22.5. The number of aromatic nitrogens is 3. The number of carbonyl (C=O) groups is 1. The fourth-order valence-corrected chi connectivity index (χ4v) is 4.18. The molecule has 0 radical (unpaired) electrons. The minimum atomic E-state index is -1.61. The van der Waals surface area contributed by atoms with E-state index in [2.05, 4.69) is 10.3 Å². The van der Waals surface area contributed by atoms with Crippen LogP contribution < -0.4 is 5.73 Å². The van der Waals surface area contributed by atoms with E-state index in [9.17, 15) is 28.2 Å². The van der Waals surface area contributed by atoms with Gasteiger partial charge in [-0.25, -0.2) is 17.9 Å². The number of hydrogen-bond acceptors (Lipinski definition) is 8. The highest BCUT2D eigenvalue weighted by Crippen LogP contribution is 2.37. The van der Waals surface area contributed by atoms with Gasteiger partial charge in [-0.1, -0.05) is 5.21 Å². The summed E-state index contributed by atoms with van der Waals surface area (Å²) in [7, 11) is 1.35. The maximum Gasteiger partial charge on any atom is 0.227 e. The summed E-state index contributed by atoms with van der Waals surface area (Å²) in [5.41, 5.74) is 4.33. The SMILES string of the molecule is CO[C@@H]1[C@@H](n2cc(-c3cc(F)c(F)c(F)c3)nn2)[C@@H](O)[C@@H](CO)O[C@H]1SCC(N)=O. The quantitative estimate of drug-likeness (QED) is 0.513. The molecule has 1 aliphatic rings. The maximum atomic E-state index is 13.5. The second-order valence-corrected chi connectivity index (χ2v) is 7.61. The molecule has 5 atom stereocenters. The number of halogens is 3. The molecule has 0 saturated carbocycles. The topological polar surface area (TPSA) is 133 Å². The molecule has 1 amide bonds. The van der Waals surface area contributed by atoms with E-state index in [0.717, 1.165) is 23.9 Å². The summed E-state index contributed by atoms with van der Waals surface area (Å²) in [6, 6.07) is 0.606. The smallest absolute Gasteiger partial charge is 0.227 e. The van der Waals surface area contributed by atoms with Crippen LogP contribution >= 0.6 is 11.8 Å². The molecular formula is C17H19F3N4O5S. The molecule has 4 N–H and O–H groups in total. The number of benzene rings is 1. The Labute approximate surface area is 172 Å². The van der Waals surface area contributed by atoms with Gasteiger partial charge in [0.2, 0.25) is 5.91 Å². The Bertz CT molecular complexity index is 894. The molecule has 1 fully saturated rings. The molecule has 0 bridgehead atoms. The number of nitrogens with two attached hydrogens (primary N) is 1. The van der Waals surface area contributed by atoms with E-state index in [1.54, 1.807) is 0 Å². The highest BCUT2D eigenvalue weighted by Gasteiger charge is 2.47. The summed E-state index contributed by atoms with van der Waals surface area (Å²) in [4.78, 5) is 11.1. The first-order valence-corrected chi connectivity index (χ1v) is 9.75. The number of ether oxygens (including phenoxy) is 2. The van der Waals surface area contributed by atoms with Crippen LogP contribution in [0.2, 0.25) is 0 Å². The predicted octanol–water partition coefficient (Wildman–Crippen LogP) is 0.215. The van der Waals surface area contributed by atoms with Crippen LogP contribution in [-0.4, -0.2) is 74.3 Å². The monoisotopic (exact) mass is 448 g/mol. The van der Waals surface area contributed by atoms with Crippen molar-refractivity contribution in [3.8, 4) is 11.3 Å². The van der Waals surface area contributed by atoms with Crippen LogP contribution in [0.4, 0.5) is 13.2 Å². The Morgan fingerprint density at radius 2 is 2.03 bits per heavy atom. The molecule has 9 nitrogen and oxygen atoms in total. The lowest BCUT2D eigenvalue weighted by Gasteiger charge is -2.43. The normalized spacial score (nSPS) is 26.7. The number of rotatable bonds is 7. The maximum absolute atomic E-state index is 13.5. The lowest BCUT2D eigenvalue weighted by Crippen LogP contribution is -2.55. The third kappa shape index (κ3) is 4.44. The van der Waals surface area contributed by atoms with E-state index >= 15 is 0 Å². The first-order valence-electron chi connectivity index (χ1n) is 8.70. The van der Waals surface area contributed by atoms with Gasteiger partial charge in [0.15, 0.2) is 17.5 Å². The van der Waals surface area contributed by atoms with E-state index in [4.69, 9.17) is 15.2 Å². The number of thioether (sulfide) groups is 1. The zero-order valence-corrected chi connectivity index (χ0v) is 16.4. The van der Waals surface area contributed by atoms with Gasteiger partial charge < -0.3 is 25.4 Å². The van der Waals surface area contributed by atoms with Gasteiger partial charge in [0.1, 0.15) is 35.5 Å². The minimum Gasteiger partial charge on any atom is -0.394 e. The average Bonchev–Trinajstić information content (AvgIpc) is 3.19. The lowest BCUT2D eigenvalue weighted by atomic mass is 9.97. The molecule has 1 aromatic heterocycles. The number of primary amides is 1. The molecule has 30 heavy (non-hydrogen) atoms. The zero-order chi connectivity index (χ0) is 22.0. The summed E-state index contributed by atoms with van der Waals surface area (Å²) in [6.45, 7) is -0.530. The van der Waals surface area contributed by atoms with Crippen LogP contribution in [0, 0.1) is 17.5 Å². The number of nitrogens with zero attached hydrogens (tertiary/aromatic N) is 3. The minimum absolute atomic E-state index is 0.0169. The van der Waals surface area contributed by atoms with Crippen molar-refractivity contribution in [3.05, 3.63) is 35.8 Å². The molecule has 3 rings (SSSR count). The summed E-state index contributed by atoms with van der Waals surface area (Å²) in [5.74, 6) is -5.06. The van der Waals surface area contributed by atoms with Gasteiger partial charge in [0.05, 0.1) is 18.6 Å². The van der Waals surface area contributed by atoms with Crippen LogP contribution in [0.3, 0.4) is 0 Å². The number of amides is 1. The third-order valence-electron chi connectivity index (χ3n) is 4.58. The lowest BCUT2D eigenvalue weighted by molar-refractivity contribution is -0.186. The molecule has 2 heterocycles. The molecule has 2 aromatic rings. The number of aliphatic hydroxyl groups excluding tert-OH is 2. The third-order valence-corrected chi connectivity index (χ3v) is 5.74. The van der Waals surface area contributed by atoms with E-state index in [-0.39, 0.29) is 17.0 Å². The fourth-order valence-electron chi connectivity index (χ4n) is 3.17. The standard InChI is InChI=1S/C17H19F3N4O5S/c1-28-16-14(15(27)11(5-25)29-17(16)30-6-12(21)26)24-4-10(22-23-24)7-2-8(18)13(20)9(19)3-7/h2-4,11,14-17,25,27H,5-6H2,1H3,(H2,21,26)/t11-,14+,15+,16-,17+/m1/s1. The van der Waals surface area contributed by atoms with Crippen molar-refractivity contribution < 1.29 is 37.7 Å². The molecule has 1 saturated heterocycles. The average molecular weight is 448 g/mol. The van der Waals surface area contributed by atoms with Crippen molar-refractivity contribution in [2.75, 3.05) is 19.5 Å². The Hall–Kier alpha value is -2.19. The van der Waals surface area contributed by atoms with Crippen LogP contribution in [0.15, 0.2) is 18.3 Å². The van der Waals surface area contributed by atoms with Crippen molar-refractivity contribution in [2.45, 2.75) is 29.8 Å². The van der Waals surface area contributed by atoms with E-state index in [0.29, 0.717) is 0 Å². The second-order valence-electron chi connectivity index (χ2n) is 6.52. The van der Waals surface area contributed by atoms with Crippen molar-refractivity contribution >= 4 is 17.7 Å². The Balaban J connectivity index is 1.94. The van der Waals surface area contributed by atoms with E-state index < -0.39 is 59.8 Å². The molecule has 0 spiro atoms. The van der Waals surface area contributed by atoms with Gasteiger partial charge in [0, 0.05) is 12.7 Å². The Morgan fingerprint density at radius 1 is 1.37 bits per heavy atom. The van der Waals surface area contributed by atoms with Gasteiger partial charge in [-0.2, -0.15) is 0 Å². The molecule has 0 aliphatic carbocycles. The first-order chi connectivity index (χ1) is 14.3. The molecule has 1 aromatic carbocycles. The Kier molecular flexibility index (Phi) is 6.98. The number of methoxy groups -OCH3 is 1. The van der Waals surface area contributed by atoms with Crippen molar-refractivity contribution in [1.82, 2.24) is 15.0 Å². The number of carbonyl (C=O) groups excluding carboxylic acids is 1. The number of hydrogen-bond donors (Lipinski definition) is 3. The van der Waals surface area contributed by atoms with E-state index in [1.165, 1.54) is 18.0 Å². The van der Waals surface area contributed by atoms with Gasteiger partial charge in [-0.05, 0) is 12.1 Å². The van der Waals surface area contributed by atoms with Crippen molar-refractivity contribution in [3.63, 3.8) is 0 Å². The summed E-state index contributed by atoms with van der Waals surface area (Å²) < 4.78 is 52.6. The second kappa shape index (κ2) is 9.31. The van der Waals surface area contributed by atoms with Crippen LogP contribution in [0.5, 0.6) is 0 Å². The summed E-state index contributed by atoms with van der Waals surface area (Å²) in [6.07, 6.45) is -1.87. The molecule has 13 heteroatoms. The highest BCUT2D eigenvalue weighted by atomic mass is 32.2. The predicted molar refractivity (Wildman–Crippen MR) is 98.6 cm³/mol. The fraction of sp³-hybridized carbons (Fsp3) is 0.471. The Morgan fingerprint density at radius 3 is 2.60 bits per heavy atom. The molecular weight excluding hydrogens is 429 g/mol. The van der Waals surface area contributed by atoms with Crippen molar-refractivity contribution in [2.24, 2.45) is 5.73 Å². The van der Waals surface area contributed by atoms with Crippen LogP contribution in [0.25, 0.3) is 11.3 Å². The molecule has 0 unspecified atom stereocenters. The largest absolute Gasteiger partial charge is 0.394 e. The highest BCUT2D eigenvalue weighted by molar-refractivity contribution is 8.00. The van der Waals surface area contributed by atoms with Crippen LogP contribution in [-0.2, 0) is 14.3 Å². The van der Waals surface area contributed by atoms with Crippen LogP contribution in [0.1, 0.15) is 6.04 Å². The summed E-state index contributed by atoms with van der Waals surface area (Å²) in [5, 5.41) is 27.9. The number of aliphatic hydroxyl groups is 2. The van der Waals surface area contributed by atoms with Gasteiger partial charge in [-0.3, -0.25) is 4.79 Å².